The van der Waals surface area contributed by atoms with Crippen LogP contribution in [-0.4, -0.2) is 4.57 Å². The lowest BCUT2D eigenvalue weighted by molar-refractivity contribution is 0.837. The van der Waals surface area contributed by atoms with Crippen molar-refractivity contribution >= 4 is 22.5 Å². The van der Waals surface area contributed by atoms with Gasteiger partial charge in [-0.2, -0.15) is 0 Å². The van der Waals surface area contributed by atoms with Crippen molar-refractivity contribution in [3.63, 3.8) is 0 Å². The normalized spacial score (nSPS) is 10.9. The second-order valence-electron chi connectivity index (χ2n) is 4.13. The van der Waals surface area contributed by atoms with E-state index in [1.54, 1.807) is 0 Å². The van der Waals surface area contributed by atoms with Crippen LogP contribution in [0, 0.1) is 0 Å². The van der Waals surface area contributed by atoms with Gasteiger partial charge in [0.15, 0.2) is 0 Å². The Labute approximate surface area is 105 Å². The molecule has 1 heterocycles. The van der Waals surface area contributed by atoms with Gasteiger partial charge in [0.1, 0.15) is 0 Å². The van der Waals surface area contributed by atoms with Gasteiger partial charge in [-0.05, 0) is 29.8 Å². The van der Waals surface area contributed by atoms with Gasteiger partial charge < -0.3 is 4.57 Å². The summed E-state index contributed by atoms with van der Waals surface area (Å²) in [7, 11) is 0. The minimum Gasteiger partial charge on any atom is -0.343 e. The molecule has 0 aliphatic heterocycles. The summed E-state index contributed by atoms with van der Waals surface area (Å²) in [5.74, 6) is 0. The van der Waals surface area contributed by atoms with E-state index in [1.165, 1.54) is 16.5 Å². The standard InChI is InChI=1S/C15H12ClN/c16-14-6-7-15-13(10-14)8-9-17(15)11-12-4-2-1-3-5-12/h1-10H,11H2. The zero-order chi connectivity index (χ0) is 11.7. The van der Waals surface area contributed by atoms with Gasteiger partial charge in [0.2, 0.25) is 0 Å². The van der Waals surface area contributed by atoms with E-state index < -0.39 is 0 Å². The van der Waals surface area contributed by atoms with Crippen LogP contribution in [0.25, 0.3) is 10.9 Å². The van der Waals surface area contributed by atoms with Gasteiger partial charge in [-0.15, -0.1) is 0 Å². The van der Waals surface area contributed by atoms with E-state index in [2.05, 4.69) is 47.2 Å². The van der Waals surface area contributed by atoms with Crippen LogP contribution in [0.1, 0.15) is 5.56 Å². The van der Waals surface area contributed by atoms with Gasteiger partial charge >= 0.3 is 0 Å². The van der Waals surface area contributed by atoms with E-state index >= 15 is 0 Å². The fourth-order valence-corrected chi connectivity index (χ4v) is 2.27. The number of fused-ring (bicyclic) bond motifs is 1. The Hall–Kier alpha value is -1.73. The van der Waals surface area contributed by atoms with Gasteiger partial charge in [-0.1, -0.05) is 41.9 Å². The van der Waals surface area contributed by atoms with Crippen molar-refractivity contribution in [2.45, 2.75) is 6.54 Å². The molecule has 3 aromatic rings. The van der Waals surface area contributed by atoms with Crippen LogP contribution < -0.4 is 0 Å². The SMILES string of the molecule is Clc1ccc2c(ccn2Cc2ccccc2)c1. The number of halogens is 1. The molecule has 17 heavy (non-hydrogen) atoms. The predicted octanol–water partition coefficient (Wildman–Crippen LogP) is 4.34. The summed E-state index contributed by atoms with van der Waals surface area (Å²) in [5, 5.41) is 1.98. The maximum atomic E-state index is 5.98. The fraction of sp³-hybridized carbons (Fsp3) is 0.0667. The minimum atomic E-state index is 0.787. The van der Waals surface area contributed by atoms with Crippen LogP contribution in [0.3, 0.4) is 0 Å². The van der Waals surface area contributed by atoms with Crippen molar-refractivity contribution in [2.24, 2.45) is 0 Å². The van der Waals surface area contributed by atoms with Crippen molar-refractivity contribution in [3.8, 4) is 0 Å². The summed E-state index contributed by atoms with van der Waals surface area (Å²) < 4.78 is 2.24. The molecule has 0 saturated heterocycles. The third kappa shape index (κ3) is 2.06. The first kappa shape index (κ1) is 10.4. The molecule has 0 saturated carbocycles. The Balaban J connectivity index is 2.01. The zero-order valence-electron chi connectivity index (χ0n) is 9.31. The van der Waals surface area contributed by atoms with Crippen LogP contribution in [0.15, 0.2) is 60.8 Å². The quantitative estimate of drug-likeness (QED) is 0.629. The average molecular weight is 242 g/mol. The Bertz CT molecular complexity index is 640. The molecule has 84 valence electrons. The molecule has 0 aliphatic carbocycles. The largest absolute Gasteiger partial charge is 0.343 e. The summed E-state index contributed by atoms with van der Waals surface area (Å²) in [6, 6.07) is 18.6. The first-order valence-corrected chi connectivity index (χ1v) is 5.99. The summed E-state index contributed by atoms with van der Waals surface area (Å²) >= 11 is 5.98. The highest BCUT2D eigenvalue weighted by atomic mass is 35.5. The molecule has 0 amide bonds. The van der Waals surface area contributed by atoms with Crippen LogP contribution >= 0.6 is 11.6 Å². The van der Waals surface area contributed by atoms with E-state index in [4.69, 9.17) is 11.6 Å². The van der Waals surface area contributed by atoms with Gasteiger partial charge in [0, 0.05) is 28.7 Å². The molecule has 0 aliphatic rings. The van der Waals surface area contributed by atoms with Crippen molar-refractivity contribution in [3.05, 3.63) is 71.4 Å². The van der Waals surface area contributed by atoms with Crippen LogP contribution in [0.2, 0.25) is 5.02 Å². The Morgan fingerprint density at radius 3 is 2.59 bits per heavy atom. The van der Waals surface area contributed by atoms with Crippen molar-refractivity contribution in [1.29, 1.82) is 0 Å². The van der Waals surface area contributed by atoms with Crippen molar-refractivity contribution in [1.82, 2.24) is 4.57 Å². The first-order chi connectivity index (χ1) is 8.33. The molecule has 2 heteroatoms. The molecule has 0 N–H and O–H groups in total. The zero-order valence-corrected chi connectivity index (χ0v) is 10.1. The molecule has 0 unspecified atom stereocenters. The highest BCUT2D eigenvalue weighted by Crippen LogP contribution is 2.21. The molecule has 1 nitrogen and oxygen atoms in total. The highest BCUT2D eigenvalue weighted by Gasteiger charge is 2.01. The van der Waals surface area contributed by atoms with Crippen LogP contribution in [-0.2, 0) is 6.54 Å². The Morgan fingerprint density at radius 2 is 1.76 bits per heavy atom. The summed E-state index contributed by atoms with van der Waals surface area (Å²) in [4.78, 5) is 0. The Morgan fingerprint density at radius 1 is 0.941 bits per heavy atom. The van der Waals surface area contributed by atoms with E-state index in [1.807, 2.05) is 18.2 Å². The molecule has 2 aromatic carbocycles. The molecule has 0 atom stereocenters. The lowest BCUT2D eigenvalue weighted by atomic mass is 10.2. The number of aromatic nitrogens is 1. The van der Waals surface area contributed by atoms with E-state index in [9.17, 15) is 0 Å². The van der Waals surface area contributed by atoms with E-state index in [0.717, 1.165) is 11.6 Å². The molecule has 3 rings (SSSR count). The molecule has 0 spiro atoms. The smallest absolute Gasteiger partial charge is 0.0484 e. The lowest BCUT2D eigenvalue weighted by Crippen LogP contribution is -1.96. The number of hydrogen-bond acceptors (Lipinski definition) is 0. The predicted molar refractivity (Wildman–Crippen MR) is 72.5 cm³/mol. The maximum absolute atomic E-state index is 5.98. The third-order valence-corrected chi connectivity index (χ3v) is 3.16. The maximum Gasteiger partial charge on any atom is 0.0484 e. The van der Waals surface area contributed by atoms with Gasteiger partial charge in [-0.25, -0.2) is 0 Å². The second kappa shape index (κ2) is 4.27. The van der Waals surface area contributed by atoms with Crippen LogP contribution in [0.5, 0.6) is 0 Å². The fourth-order valence-electron chi connectivity index (χ4n) is 2.09. The number of nitrogens with zero attached hydrogens (tertiary/aromatic N) is 1. The van der Waals surface area contributed by atoms with E-state index in [-0.39, 0.29) is 0 Å². The molecular formula is C15H12ClN. The molecule has 0 bridgehead atoms. The lowest BCUT2D eigenvalue weighted by Gasteiger charge is -2.05. The molecular weight excluding hydrogens is 230 g/mol. The second-order valence-corrected chi connectivity index (χ2v) is 4.57. The number of benzene rings is 2. The van der Waals surface area contributed by atoms with Gasteiger partial charge in [0.05, 0.1) is 0 Å². The molecule has 0 radical (unpaired) electrons. The van der Waals surface area contributed by atoms with E-state index in [0.29, 0.717) is 0 Å². The minimum absolute atomic E-state index is 0.787. The highest BCUT2D eigenvalue weighted by molar-refractivity contribution is 6.31. The average Bonchev–Trinajstić information content (AvgIpc) is 2.73. The van der Waals surface area contributed by atoms with Crippen LogP contribution in [0.4, 0.5) is 0 Å². The summed E-state index contributed by atoms with van der Waals surface area (Å²) in [5.41, 5.74) is 2.53. The number of rotatable bonds is 2. The number of hydrogen-bond donors (Lipinski definition) is 0. The molecule has 0 fully saturated rings. The van der Waals surface area contributed by atoms with Gasteiger partial charge in [-0.3, -0.25) is 0 Å². The Kier molecular flexibility index (Phi) is 2.62. The van der Waals surface area contributed by atoms with Crippen molar-refractivity contribution in [2.75, 3.05) is 0 Å². The monoisotopic (exact) mass is 241 g/mol. The third-order valence-electron chi connectivity index (χ3n) is 2.93. The summed E-state index contributed by atoms with van der Waals surface area (Å²) in [6.45, 7) is 0.895. The van der Waals surface area contributed by atoms with Crippen molar-refractivity contribution < 1.29 is 0 Å². The summed E-state index contributed by atoms with van der Waals surface area (Å²) in [6.07, 6.45) is 2.11. The first-order valence-electron chi connectivity index (χ1n) is 5.61. The molecule has 1 aromatic heterocycles. The van der Waals surface area contributed by atoms with Gasteiger partial charge in [0.25, 0.3) is 0 Å². The topological polar surface area (TPSA) is 4.93 Å².